The zero-order chi connectivity index (χ0) is 14.0. The van der Waals surface area contributed by atoms with Gasteiger partial charge < -0.3 is 9.52 Å². The van der Waals surface area contributed by atoms with Crippen LogP contribution in [-0.2, 0) is 16.6 Å². The lowest BCUT2D eigenvalue weighted by Gasteiger charge is -2.01. The van der Waals surface area contributed by atoms with Gasteiger partial charge in [-0.05, 0) is 19.1 Å². The van der Waals surface area contributed by atoms with E-state index in [1.165, 1.54) is 18.3 Å². The minimum atomic E-state index is -3.76. The Labute approximate surface area is 113 Å². The quantitative estimate of drug-likeness (QED) is 0.859. The van der Waals surface area contributed by atoms with Crippen LogP contribution in [0.1, 0.15) is 21.3 Å². The Morgan fingerprint density at radius 3 is 2.79 bits per heavy atom. The molecular formula is C10H10N2O5S2. The number of nitrogens with one attached hydrogen (secondary N) is 1. The Morgan fingerprint density at radius 1 is 1.53 bits per heavy atom. The summed E-state index contributed by atoms with van der Waals surface area (Å²) in [5, 5.41) is 8.74. The van der Waals surface area contributed by atoms with Crippen LogP contribution in [0.2, 0.25) is 0 Å². The molecule has 102 valence electrons. The second-order valence-electron chi connectivity index (χ2n) is 3.61. The molecule has 19 heavy (non-hydrogen) atoms. The lowest BCUT2D eigenvalue weighted by Crippen LogP contribution is -2.22. The topological polar surface area (TPSA) is 110 Å². The predicted octanol–water partition coefficient (Wildman–Crippen LogP) is 1.22. The Morgan fingerprint density at radius 2 is 2.26 bits per heavy atom. The molecule has 0 saturated heterocycles. The third kappa shape index (κ3) is 3.19. The number of aromatic carboxylic acids is 1. The first-order valence-electron chi connectivity index (χ1n) is 5.12. The summed E-state index contributed by atoms with van der Waals surface area (Å²) in [7, 11) is -3.76. The molecule has 0 aliphatic carbocycles. The van der Waals surface area contributed by atoms with Gasteiger partial charge in [0, 0.05) is 0 Å². The second kappa shape index (κ2) is 5.11. The van der Waals surface area contributed by atoms with Gasteiger partial charge in [-0.15, -0.1) is 11.3 Å². The number of carboxylic acids is 1. The summed E-state index contributed by atoms with van der Waals surface area (Å²) in [6.45, 7) is 1.61. The van der Waals surface area contributed by atoms with Crippen molar-refractivity contribution in [1.82, 2.24) is 9.71 Å². The van der Waals surface area contributed by atoms with E-state index < -0.39 is 16.0 Å². The maximum atomic E-state index is 11.9. The highest BCUT2D eigenvalue weighted by Gasteiger charge is 2.19. The van der Waals surface area contributed by atoms with Gasteiger partial charge in [0.1, 0.15) is 14.8 Å². The second-order valence-corrected chi connectivity index (χ2v) is 6.69. The summed E-state index contributed by atoms with van der Waals surface area (Å²) in [6, 6.07) is 2.49. The summed E-state index contributed by atoms with van der Waals surface area (Å²) in [6.07, 6.45) is 1.48. The molecule has 7 nitrogen and oxygen atoms in total. The summed E-state index contributed by atoms with van der Waals surface area (Å²) in [4.78, 5) is 14.5. The lowest BCUT2D eigenvalue weighted by molar-refractivity contribution is 0.0702. The monoisotopic (exact) mass is 302 g/mol. The van der Waals surface area contributed by atoms with Gasteiger partial charge in [-0.25, -0.2) is 22.9 Å². The van der Waals surface area contributed by atoms with Crippen LogP contribution in [0.4, 0.5) is 0 Å². The van der Waals surface area contributed by atoms with Gasteiger partial charge in [0.15, 0.2) is 0 Å². The number of carbonyl (C=O) groups is 1. The Bertz CT molecular complexity index is 701. The smallest absolute Gasteiger partial charge is 0.345 e. The van der Waals surface area contributed by atoms with Crippen molar-refractivity contribution in [2.24, 2.45) is 0 Å². The molecule has 0 fully saturated rings. The molecule has 0 amide bonds. The van der Waals surface area contributed by atoms with Crippen LogP contribution in [-0.4, -0.2) is 24.5 Å². The number of hydrogen-bond donors (Lipinski definition) is 2. The van der Waals surface area contributed by atoms with Gasteiger partial charge in [-0.3, -0.25) is 0 Å². The minimum Gasteiger partial charge on any atom is -0.477 e. The number of oxazole rings is 1. The molecule has 0 aliphatic rings. The van der Waals surface area contributed by atoms with Gasteiger partial charge in [0.25, 0.3) is 10.0 Å². The van der Waals surface area contributed by atoms with Crippen LogP contribution in [0, 0.1) is 6.92 Å². The number of nitrogens with zero attached hydrogens (tertiary/aromatic N) is 1. The fourth-order valence-electron chi connectivity index (χ4n) is 1.29. The molecule has 0 aliphatic heterocycles. The van der Waals surface area contributed by atoms with Gasteiger partial charge >= 0.3 is 5.97 Å². The summed E-state index contributed by atoms with van der Waals surface area (Å²) >= 11 is 0.687. The maximum absolute atomic E-state index is 11.9. The highest BCUT2D eigenvalue weighted by molar-refractivity contribution is 7.91. The Balaban J connectivity index is 2.11. The predicted molar refractivity (Wildman–Crippen MR) is 66.5 cm³/mol. The van der Waals surface area contributed by atoms with Crippen LogP contribution < -0.4 is 4.72 Å². The third-order valence-electron chi connectivity index (χ3n) is 2.14. The Kier molecular flexibility index (Phi) is 3.69. The average molecular weight is 302 g/mol. The molecule has 2 heterocycles. The van der Waals surface area contributed by atoms with Crippen LogP contribution >= 0.6 is 11.3 Å². The largest absolute Gasteiger partial charge is 0.477 e. The first-order chi connectivity index (χ1) is 8.88. The zero-order valence-corrected chi connectivity index (χ0v) is 11.4. The third-order valence-corrected chi connectivity index (χ3v) is 5.11. The van der Waals surface area contributed by atoms with E-state index in [1.54, 1.807) is 6.92 Å². The van der Waals surface area contributed by atoms with E-state index in [9.17, 15) is 13.2 Å². The number of carboxylic acid groups (broad SMARTS) is 1. The molecule has 0 spiro atoms. The van der Waals surface area contributed by atoms with Crippen molar-refractivity contribution < 1.29 is 22.7 Å². The highest BCUT2D eigenvalue weighted by atomic mass is 32.2. The van der Waals surface area contributed by atoms with E-state index in [1.807, 2.05) is 0 Å². The normalized spacial score (nSPS) is 11.6. The lowest BCUT2D eigenvalue weighted by atomic mass is 10.5. The van der Waals surface area contributed by atoms with Crippen LogP contribution in [0.5, 0.6) is 0 Å². The molecule has 9 heteroatoms. The van der Waals surface area contributed by atoms with E-state index in [0.29, 0.717) is 17.1 Å². The first kappa shape index (κ1) is 13.7. The first-order valence-corrected chi connectivity index (χ1v) is 7.42. The van der Waals surface area contributed by atoms with Gasteiger partial charge in [0.2, 0.25) is 5.89 Å². The fourth-order valence-corrected chi connectivity index (χ4v) is 3.45. The van der Waals surface area contributed by atoms with Crippen molar-refractivity contribution in [3.63, 3.8) is 0 Å². The van der Waals surface area contributed by atoms with E-state index in [4.69, 9.17) is 9.52 Å². The minimum absolute atomic E-state index is 0.0349. The highest BCUT2D eigenvalue weighted by Crippen LogP contribution is 2.21. The summed E-state index contributed by atoms with van der Waals surface area (Å²) in [5.74, 6) is -0.329. The van der Waals surface area contributed by atoms with Crippen molar-refractivity contribution in [2.45, 2.75) is 17.7 Å². The molecule has 2 aromatic rings. The van der Waals surface area contributed by atoms with E-state index in [0.717, 1.165) is 0 Å². The molecule has 0 radical (unpaired) electrons. The molecule has 0 aromatic carbocycles. The number of thiophene rings is 1. The molecule has 2 N–H and O–H groups in total. The molecule has 0 bridgehead atoms. The maximum Gasteiger partial charge on any atom is 0.345 e. The zero-order valence-electron chi connectivity index (χ0n) is 9.78. The van der Waals surface area contributed by atoms with Gasteiger partial charge in [-0.2, -0.15) is 0 Å². The fraction of sp³-hybridized carbons (Fsp3) is 0.200. The number of aromatic nitrogens is 1. The van der Waals surface area contributed by atoms with Gasteiger partial charge in [0.05, 0.1) is 12.7 Å². The number of aryl methyl sites for hydroxylation is 1. The van der Waals surface area contributed by atoms with E-state index in [-0.39, 0.29) is 21.5 Å². The van der Waals surface area contributed by atoms with E-state index >= 15 is 0 Å². The van der Waals surface area contributed by atoms with Crippen molar-refractivity contribution in [1.29, 1.82) is 0 Å². The molecule has 0 atom stereocenters. The number of sulfonamides is 1. The summed E-state index contributed by atoms with van der Waals surface area (Å²) < 4.78 is 31.1. The average Bonchev–Trinajstić information content (AvgIpc) is 2.95. The molecule has 0 unspecified atom stereocenters. The van der Waals surface area contributed by atoms with E-state index in [2.05, 4.69) is 9.71 Å². The van der Waals surface area contributed by atoms with Gasteiger partial charge in [-0.1, -0.05) is 0 Å². The molecular weight excluding hydrogens is 292 g/mol. The van der Waals surface area contributed by atoms with Crippen molar-refractivity contribution in [3.05, 3.63) is 34.9 Å². The summed E-state index contributed by atoms with van der Waals surface area (Å²) in [5.41, 5.74) is 0. The van der Waals surface area contributed by atoms with Crippen molar-refractivity contribution in [2.75, 3.05) is 0 Å². The van der Waals surface area contributed by atoms with Crippen LogP contribution in [0.15, 0.2) is 27.0 Å². The number of hydrogen-bond acceptors (Lipinski definition) is 6. The molecule has 0 saturated carbocycles. The Hall–Kier alpha value is -1.71. The SMILES string of the molecule is Cc1cnc(CNS(=O)(=O)c2ccc(C(=O)O)s2)o1. The number of rotatable bonds is 5. The van der Waals surface area contributed by atoms with Crippen molar-refractivity contribution >= 4 is 27.3 Å². The molecule has 2 aromatic heterocycles. The molecule has 2 rings (SSSR count). The van der Waals surface area contributed by atoms with Crippen LogP contribution in [0.3, 0.4) is 0 Å². The van der Waals surface area contributed by atoms with Crippen LogP contribution in [0.25, 0.3) is 0 Å². The standard InChI is InChI=1S/C10H10N2O5S2/c1-6-4-11-8(17-6)5-12-19(15,16)9-3-2-7(18-9)10(13)14/h2-4,12H,5H2,1H3,(H,13,14). The van der Waals surface area contributed by atoms with Crippen molar-refractivity contribution in [3.8, 4) is 0 Å².